The van der Waals surface area contributed by atoms with E-state index in [1.54, 1.807) is 31.2 Å². The average molecular weight is 344 g/mol. The number of benzene rings is 1. The van der Waals surface area contributed by atoms with Gasteiger partial charge < -0.3 is 4.98 Å². The van der Waals surface area contributed by atoms with Gasteiger partial charge >= 0.3 is 0 Å². The first-order chi connectivity index (χ1) is 11.3. The summed E-state index contributed by atoms with van der Waals surface area (Å²) in [5, 5.41) is 8.15. The number of thioether (sulfide) groups is 1. The molecule has 0 fully saturated rings. The molecule has 124 valence electrons. The minimum atomic E-state index is -1.79. The molecule has 0 aliphatic carbocycles. The van der Waals surface area contributed by atoms with Crippen LogP contribution in [0.3, 0.4) is 0 Å². The molecule has 1 heterocycles. The van der Waals surface area contributed by atoms with Crippen LogP contribution in [0.2, 0.25) is 0 Å². The lowest BCUT2D eigenvalue weighted by Crippen LogP contribution is -2.39. The molecule has 0 saturated heterocycles. The molecule has 24 heavy (non-hydrogen) atoms. The van der Waals surface area contributed by atoms with Crippen LogP contribution in [-0.2, 0) is 9.59 Å². The highest BCUT2D eigenvalue weighted by Gasteiger charge is 2.43. The van der Waals surface area contributed by atoms with Crippen molar-refractivity contribution in [2.24, 2.45) is 10.2 Å². The summed E-state index contributed by atoms with van der Waals surface area (Å²) in [6.07, 6.45) is 0. The van der Waals surface area contributed by atoms with E-state index < -0.39 is 16.4 Å². The zero-order valence-electron chi connectivity index (χ0n) is 13.4. The van der Waals surface area contributed by atoms with E-state index in [0.717, 1.165) is 11.8 Å². The molecule has 0 bridgehead atoms. The van der Waals surface area contributed by atoms with E-state index in [-0.39, 0.29) is 10.7 Å². The molecule has 2 rings (SSSR count). The lowest BCUT2D eigenvalue weighted by Gasteiger charge is -2.21. The van der Waals surface area contributed by atoms with Crippen molar-refractivity contribution in [3.63, 3.8) is 0 Å². The standard InChI is InChI=1S/C16H16N4O3S/c1-10-9-14(23)18-15(17-10)24-16(11(2)21,12(3)22)20-19-13-7-5-4-6-8-13/h4-9H,1-3H3,(H,17,18,23). The summed E-state index contributed by atoms with van der Waals surface area (Å²) in [4.78, 5) is 40.8. The van der Waals surface area contributed by atoms with E-state index >= 15 is 0 Å². The summed E-state index contributed by atoms with van der Waals surface area (Å²) in [6.45, 7) is 4.16. The number of ketones is 2. The number of aromatic nitrogens is 2. The molecular formula is C16H16N4O3S. The van der Waals surface area contributed by atoms with Crippen molar-refractivity contribution in [3.05, 3.63) is 52.4 Å². The van der Waals surface area contributed by atoms with Gasteiger partial charge in [-0.1, -0.05) is 18.2 Å². The van der Waals surface area contributed by atoms with Crippen LogP contribution in [0.1, 0.15) is 19.5 Å². The number of hydrogen-bond donors (Lipinski definition) is 1. The summed E-state index contributed by atoms with van der Waals surface area (Å²) < 4.78 is 0. The van der Waals surface area contributed by atoms with Crippen LogP contribution in [0.25, 0.3) is 0 Å². The SMILES string of the molecule is CC(=O)C(N=Nc1ccccc1)(Sc1nc(C)cc(=O)[nH]1)C(C)=O. The summed E-state index contributed by atoms with van der Waals surface area (Å²) >= 11 is 0.774. The van der Waals surface area contributed by atoms with Crippen LogP contribution in [0.15, 0.2) is 56.6 Å². The maximum atomic E-state index is 12.2. The van der Waals surface area contributed by atoms with Gasteiger partial charge in [0.1, 0.15) is 0 Å². The number of carbonyl (C=O) groups is 2. The smallest absolute Gasteiger partial charge is 0.251 e. The number of hydrogen-bond acceptors (Lipinski definition) is 7. The van der Waals surface area contributed by atoms with Crippen molar-refractivity contribution in [2.75, 3.05) is 0 Å². The first kappa shape index (κ1) is 17.7. The van der Waals surface area contributed by atoms with Crippen LogP contribution in [0, 0.1) is 6.92 Å². The Morgan fingerprint density at radius 2 is 1.79 bits per heavy atom. The van der Waals surface area contributed by atoms with Crippen molar-refractivity contribution in [3.8, 4) is 0 Å². The fourth-order valence-corrected chi connectivity index (χ4v) is 2.91. The largest absolute Gasteiger partial charge is 0.301 e. The van der Waals surface area contributed by atoms with Crippen LogP contribution in [0.5, 0.6) is 0 Å². The number of azo groups is 1. The third kappa shape index (κ3) is 4.02. The van der Waals surface area contributed by atoms with Gasteiger partial charge in [0.15, 0.2) is 16.7 Å². The van der Waals surface area contributed by atoms with Crippen molar-refractivity contribution in [1.29, 1.82) is 0 Å². The maximum Gasteiger partial charge on any atom is 0.251 e. The topological polar surface area (TPSA) is 105 Å². The Hall–Kier alpha value is -2.61. The molecule has 0 amide bonds. The van der Waals surface area contributed by atoms with E-state index in [1.807, 2.05) is 6.07 Å². The summed E-state index contributed by atoms with van der Waals surface area (Å²) in [5.41, 5.74) is 0.615. The molecule has 8 heteroatoms. The second-order valence-electron chi connectivity index (χ2n) is 5.09. The van der Waals surface area contributed by atoms with Gasteiger partial charge in [0.05, 0.1) is 5.69 Å². The molecule has 0 atom stereocenters. The number of rotatable bonds is 6. The first-order valence-electron chi connectivity index (χ1n) is 7.10. The quantitative estimate of drug-likeness (QED) is 0.375. The molecule has 2 aromatic rings. The Bertz CT molecular complexity index is 832. The molecular weight excluding hydrogens is 328 g/mol. The molecule has 0 aliphatic heterocycles. The highest BCUT2D eigenvalue weighted by molar-refractivity contribution is 8.02. The Kier molecular flexibility index (Phi) is 5.40. The van der Waals surface area contributed by atoms with Gasteiger partial charge in [-0.2, -0.15) is 10.2 Å². The lowest BCUT2D eigenvalue weighted by molar-refractivity contribution is -0.128. The van der Waals surface area contributed by atoms with Crippen molar-refractivity contribution in [1.82, 2.24) is 9.97 Å². The van der Waals surface area contributed by atoms with E-state index in [9.17, 15) is 14.4 Å². The number of aryl methyl sites for hydroxylation is 1. The number of aromatic amines is 1. The van der Waals surface area contributed by atoms with Gasteiger partial charge in [-0.15, -0.1) is 0 Å². The first-order valence-corrected chi connectivity index (χ1v) is 7.92. The van der Waals surface area contributed by atoms with Gasteiger partial charge in [-0.3, -0.25) is 14.4 Å². The molecule has 1 aromatic heterocycles. The number of nitrogens with zero attached hydrogens (tertiary/aromatic N) is 3. The summed E-state index contributed by atoms with van der Waals surface area (Å²) in [6, 6.07) is 10.1. The molecule has 0 aliphatic rings. The van der Waals surface area contributed by atoms with E-state index in [0.29, 0.717) is 11.4 Å². The molecule has 7 nitrogen and oxygen atoms in total. The minimum Gasteiger partial charge on any atom is -0.301 e. The number of H-pyrrole nitrogens is 1. The van der Waals surface area contributed by atoms with Gasteiger partial charge in [0, 0.05) is 11.8 Å². The normalized spacial score (nSPS) is 11.6. The van der Waals surface area contributed by atoms with Gasteiger partial charge in [-0.05, 0) is 44.7 Å². The second kappa shape index (κ2) is 7.31. The van der Waals surface area contributed by atoms with Crippen LogP contribution >= 0.6 is 11.8 Å². The van der Waals surface area contributed by atoms with E-state index in [2.05, 4.69) is 20.2 Å². The lowest BCUT2D eigenvalue weighted by atomic mass is 10.1. The average Bonchev–Trinajstić information content (AvgIpc) is 2.51. The number of nitrogens with one attached hydrogen (secondary N) is 1. The summed E-state index contributed by atoms with van der Waals surface area (Å²) in [7, 11) is 0. The van der Waals surface area contributed by atoms with Gasteiger partial charge in [-0.25, -0.2) is 4.98 Å². The van der Waals surface area contributed by atoms with Gasteiger partial charge in [0.25, 0.3) is 5.56 Å². The third-order valence-corrected chi connectivity index (χ3v) is 4.45. The molecule has 1 N–H and O–H groups in total. The Morgan fingerprint density at radius 1 is 1.17 bits per heavy atom. The molecule has 1 aromatic carbocycles. The molecule has 0 unspecified atom stereocenters. The Labute approximate surface area is 142 Å². The molecule has 0 radical (unpaired) electrons. The fourth-order valence-electron chi connectivity index (χ4n) is 1.92. The van der Waals surface area contributed by atoms with E-state index in [4.69, 9.17) is 0 Å². The second-order valence-corrected chi connectivity index (χ2v) is 6.27. The summed E-state index contributed by atoms with van der Waals surface area (Å²) in [5.74, 6) is -0.993. The fraction of sp³-hybridized carbons (Fsp3) is 0.250. The predicted molar refractivity (Wildman–Crippen MR) is 90.5 cm³/mol. The van der Waals surface area contributed by atoms with Crippen LogP contribution < -0.4 is 5.56 Å². The van der Waals surface area contributed by atoms with Crippen molar-refractivity contribution >= 4 is 29.0 Å². The minimum absolute atomic E-state index is 0.136. The number of Topliss-reactive ketones (excluding diaryl/α,β-unsaturated/α-hetero) is 2. The number of carbonyl (C=O) groups excluding carboxylic acids is 2. The van der Waals surface area contributed by atoms with Crippen molar-refractivity contribution in [2.45, 2.75) is 30.8 Å². The predicted octanol–water partition coefficient (Wildman–Crippen LogP) is 2.83. The zero-order chi connectivity index (χ0) is 17.7. The molecule has 0 spiro atoms. The monoisotopic (exact) mass is 344 g/mol. The van der Waals surface area contributed by atoms with Crippen LogP contribution in [-0.4, -0.2) is 26.4 Å². The highest BCUT2D eigenvalue weighted by atomic mass is 32.2. The van der Waals surface area contributed by atoms with Gasteiger partial charge in [0.2, 0.25) is 4.87 Å². The van der Waals surface area contributed by atoms with E-state index in [1.165, 1.54) is 19.9 Å². The Balaban J connectivity index is 2.47. The van der Waals surface area contributed by atoms with Crippen molar-refractivity contribution < 1.29 is 9.59 Å². The highest BCUT2D eigenvalue weighted by Crippen LogP contribution is 2.35. The Morgan fingerprint density at radius 3 is 2.33 bits per heavy atom. The molecule has 0 saturated carbocycles. The maximum absolute atomic E-state index is 12.2. The zero-order valence-corrected chi connectivity index (χ0v) is 14.3. The van der Waals surface area contributed by atoms with Crippen LogP contribution in [0.4, 0.5) is 5.69 Å². The third-order valence-electron chi connectivity index (χ3n) is 3.11.